The Balaban J connectivity index is 2.95. The van der Waals surface area contributed by atoms with Gasteiger partial charge in [-0.3, -0.25) is 4.79 Å². The first-order valence-electron chi connectivity index (χ1n) is 6.07. The van der Waals surface area contributed by atoms with Crippen molar-refractivity contribution in [3.63, 3.8) is 0 Å². The van der Waals surface area contributed by atoms with Crippen molar-refractivity contribution in [1.82, 2.24) is 0 Å². The fraction of sp³-hybridized carbons (Fsp3) is 0.500. The molecule has 0 radical (unpaired) electrons. The molecule has 1 aromatic carbocycles. The number of carboxylic acids is 1. The molecule has 1 atom stereocenters. The van der Waals surface area contributed by atoms with Crippen LogP contribution < -0.4 is 15.2 Å². The molecule has 0 aliphatic carbocycles. The van der Waals surface area contributed by atoms with Crippen molar-refractivity contribution in [3.05, 3.63) is 23.8 Å². The van der Waals surface area contributed by atoms with Gasteiger partial charge in [-0.15, -0.1) is 0 Å². The van der Waals surface area contributed by atoms with Crippen LogP contribution in [0.25, 0.3) is 0 Å². The van der Waals surface area contributed by atoms with Crippen LogP contribution in [-0.2, 0) is 4.79 Å². The van der Waals surface area contributed by atoms with E-state index in [1.807, 2.05) is 13.0 Å². The molecule has 0 aliphatic rings. The van der Waals surface area contributed by atoms with Gasteiger partial charge in [0, 0.05) is 17.7 Å². The van der Waals surface area contributed by atoms with E-state index in [9.17, 15) is 4.79 Å². The maximum Gasteiger partial charge on any atom is 0.312 e. The van der Waals surface area contributed by atoms with Crippen LogP contribution in [0.4, 0.5) is 0 Å². The molecule has 0 saturated carbocycles. The van der Waals surface area contributed by atoms with Gasteiger partial charge in [0.1, 0.15) is 18.1 Å². The van der Waals surface area contributed by atoms with E-state index in [2.05, 4.69) is 0 Å². The number of benzene rings is 1. The van der Waals surface area contributed by atoms with Crippen molar-refractivity contribution in [1.29, 1.82) is 0 Å². The minimum atomic E-state index is -0.960. The highest BCUT2D eigenvalue weighted by Gasteiger charge is 2.28. The quantitative estimate of drug-likeness (QED) is 0.825. The zero-order chi connectivity index (χ0) is 14.6. The maximum atomic E-state index is 11.1. The van der Waals surface area contributed by atoms with E-state index in [0.717, 1.165) is 5.56 Å². The molecule has 0 unspecified atom stereocenters. The number of carbonyl (C=O) groups is 1. The van der Waals surface area contributed by atoms with Crippen LogP contribution in [0.3, 0.4) is 0 Å². The molecule has 19 heavy (non-hydrogen) atoms. The molecule has 106 valence electrons. The lowest BCUT2D eigenvalue weighted by atomic mass is 9.95. The molecule has 0 aromatic heterocycles. The summed E-state index contributed by atoms with van der Waals surface area (Å²) in [5.41, 5.74) is 5.73. The number of nitrogens with two attached hydrogens (primary N) is 1. The van der Waals surface area contributed by atoms with Crippen LogP contribution in [0.2, 0.25) is 0 Å². The SMILES string of the molecule is COc1ccc([C@H](C)N)c(OCC(C)(C)C(=O)O)c1. The molecule has 1 rings (SSSR count). The summed E-state index contributed by atoms with van der Waals surface area (Å²) >= 11 is 0. The second kappa shape index (κ2) is 5.93. The fourth-order valence-electron chi connectivity index (χ4n) is 1.46. The predicted octanol–water partition coefficient (Wildman–Crippen LogP) is 2.20. The van der Waals surface area contributed by atoms with E-state index in [1.165, 1.54) is 0 Å². The van der Waals surface area contributed by atoms with Crippen LogP contribution in [0, 0.1) is 5.41 Å². The fourth-order valence-corrected chi connectivity index (χ4v) is 1.46. The number of carboxylic acid groups (broad SMARTS) is 1. The molecule has 5 heteroatoms. The highest BCUT2D eigenvalue weighted by molar-refractivity contribution is 5.73. The minimum Gasteiger partial charge on any atom is -0.497 e. The van der Waals surface area contributed by atoms with E-state index in [4.69, 9.17) is 20.3 Å². The molecule has 1 aromatic rings. The van der Waals surface area contributed by atoms with Gasteiger partial charge in [0.2, 0.25) is 0 Å². The van der Waals surface area contributed by atoms with Gasteiger partial charge in [-0.25, -0.2) is 0 Å². The summed E-state index contributed by atoms with van der Waals surface area (Å²) in [6, 6.07) is 5.14. The number of rotatable bonds is 6. The highest BCUT2D eigenvalue weighted by atomic mass is 16.5. The Morgan fingerprint density at radius 3 is 2.58 bits per heavy atom. The van der Waals surface area contributed by atoms with E-state index < -0.39 is 11.4 Å². The molecule has 0 saturated heterocycles. The molecular formula is C14H21NO4. The summed E-state index contributed by atoms with van der Waals surface area (Å²) < 4.78 is 10.8. The predicted molar refractivity (Wildman–Crippen MR) is 72.5 cm³/mol. The van der Waals surface area contributed by atoms with Gasteiger partial charge >= 0.3 is 5.97 Å². The van der Waals surface area contributed by atoms with Gasteiger partial charge in [-0.05, 0) is 26.8 Å². The lowest BCUT2D eigenvalue weighted by Crippen LogP contribution is -2.31. The largest absolute Gasteiger partial charge is 0.497 e. The van der Waals surface area contributed by atoms with Gasteiger partial charge in [0.15, 0.2) is 0 Å². The maximum absolute atomic E-state index is 11.1. The third-order valence-electron chi connectivity index (χ3n) is 2.88. The van der Waals surface area contributed by atoms with Crippen molar-refractivity contribution in [2.75, 3.05) is 13.7 Å². The third kappa shape index (κ3) is 3.86. The normalized spacial score (nSPS) is 12.9. The Morgan fingerprint density at radius 2 is 2.11 bits per heavy atom. The second-order valence-corrected chi connectivity index (χ2v) is 5.17. The highest BCUT2D eigenvalue weighted by Crippen LogP contribution is 2.30. The zero-order valence-electron chi connectivity index (χ0n) is 11.8. The summed E-state index contributed by atoms with van der Waals surface area (Å²) in [4.78, 5) is 11.1. The van der Waals surface area contributed by atoms with E-state index in [-0.39, 0.29) is 12.6 Å². The van der Waals surface area contributed by atoms with E-state index in [1.54, 1.807) is 33.1 Å². The van der Waals surface area contributed by atoms with Crippen molar-refractivity contribution in [2.45, 2.75) is 26.8 Å². The zero-order valence-corrected chi connectivity index (χ0v) is 11.8. The van der Waals surface area contributed by atoms with Crippen molar-refractivity contribution < 1.29 is 19.4 Å². The molecule has 0 fully saturated rings. The first-order valence-corrected chi connectivity index (χ1v) is 6.07. The van der Waals surface area contributed by atoms with Crippen molar-refractivity contribution in [3.8, 4) is 11.5 Å². The summed E-state index contributed by atoms with van der Waals surface area (Å²) in [6.07, 6.45) is 0. The van der Waals surface area contributed by atoms with Gasteiger partial charge < -0.3 is 20.3 Å². The van der Waals surface area contributed by atoms with Crippen LogP contribution in [-0.4, -0.2) is 24.8 Å². The van der Waals surface area contributed by atoms with Crippen LogP contribution >= 0.6 is 0 Å². The van der Waals surface area contributed by atoms with E-state index >= 15 is 0 Å². The Bertz CT molecular complexity index is 455. The average molecular weight is 267 g/mol. The van der Waals surface area contributed by atoms with Gasteiger partial charge in [-0.2, -0.15) is 0 Å². The Labute approximate surface area is 113 Å². The Hall–Kier alpha value is -1.75. The van der Waals surface area contributed by atoms with Crippen LogP contribution in [0.5, 0.6) is 11.5 Å². The molecule has 5 nitrogen and oxygen atoms in total. The molecule has 0 spiro atoms. The molecule has 0 heterocycles. The smallest absolute Gasteiger partial charge is 0.312 e. The summed E-state index contributed by atoms with van der Waals surface area (Å²) in [7, 11) is 1.56. The Kier molecular flexibility index (Phi) is 4.78. The second-order valence-electron chi connectivity index (χ2n) is 5.17. The molecular weight excluding hydrogens is 246 g/mol. The van der Waals surface area contributed by atoms with Crippen LogP contribution in [0.15, 0.2) is 18.2 Å². The Morgan fingerprint density at radius 1 is 1.47 bits per heavy atom. The number of ether oxygens (including phenoxy) is 2. The van der Waals surface area contributed by atoms with Gasteiger partial charge in [0.05, 0.1) is 12.5 Å². The van der Waals surface area contributed by atoms with E-state index in [0.29, 0.717) is 11.5 Å². The number of methoxy groups -OCH3 is 1. The van der Waals surface area contributed by atoms with Crippen LogP contribution in [0.1, 0.15) is 32.4 Å². The lowest BCUT2D eigenvalue weighted by molar-refractivity contribution is -0.148. The number of aliphatic carboxylic acids is 1. The first kappa shape index (κ1) is 15.3. The monoisotopic (exact) mass is 267 g/mol. The summed E-state index contributed by atoms with van der Waals surface area (Å²) in [6.45, 7) is 5.13. The lowest BCUT2D eigenvalue weighted by Gasteiger charge is -2.22. The minimum absolute atomic E-state index is 0.0647. The van der Waals surface area contributed by atoms with Gasteiger partial charge in [0.25, 0.3) is 0 Å². The third-order valence-corrected chi connectivity index (χ3v) is 2.88. The number of hydrogen-bond acceptors (Lipinski definition) is 4. The number of hydrogen-bond donors (Lipinski definition) is 2. The summed E-state index contributed by atoms with van der Waals surface area (Å²) in [5.74, 6) is 0.300. The molecule has 0 aliphatic heterocycles. The topological polar surface area (TPSA) is 81.8 Å². The molecule has 0 amide bonds. The average Bonchev–Trinajstić information content (AvgIpc) is 2.35. The molecule has 3 N–H and O–H groups in total. The molecule has 0 bridgehead atoms. The summed E-state index contributed by atoms with van der Waals surface area (Å²) in [5, 5.41) is 9.07. The first-order chi connectivity index (χ1) is 8.77. The van der Waals surface area contributed by atoms with Crippen molar-refractivity contribution >= 4 is 5.97 Å². The standard InChI is InChI=1S/C14H21NO4/c1-9(15)11-6-5-10(18-4)7-12(11)19-8-14(2,3)13(16)17/h5-7,9H,8,15H2,1-4H3,(H,16,17)/t9-/m0/s1. The van der Waals surface area contributed by atoms with Crippen molar-refractivity contribution in [2.24, 2.45) is 11.1 Å². The van der Waals surface area contributed by atoms with Gasteiger partial charge in [-0.1, -0.05) is 6.07 Å².